The van der Waals surface area contributed by atoms with E-state index in [1.54, 1.807) is 21.3 Å². The normalized spacial score (nSPS) is 11.4. The van der Waals surface area contributed by atoms with Crippen LogP contribution in [0.2, 0.25) is 0 Å². The molecule has 2 aromatic rings. The molecule has 238 valence electrons. The van der Waals surface area contributed by atoms with Crippen molar-refractivity contribution in [2.75, 3.05) is 85.6 Å². The topological polar surface area (TPSA) is 85.7 Å². The summed E-state index contributed by atoms with van der Waals surface area (Å²) in [6.45, 7) is 4.35. The van der Waals surface area contributed by atoms with Crippen molar-refractivity contribution in [2.45, 2.75) is 19.8 Å². The van der Waals surface area contributed by atoms with Crippen LogP contribution in [0.1, 0.15) is 19.8 Å². The van der Waals surface area contributed by atoms with Crippen molar-refractivity contribution in [3.63, 3.8) is 0 Å². The zero-order chi connectivity index (χ0) is 31.1. The first-order chi connectivity index (χ1) is 20.7. The van der Waals surface area contributed by atoms with Gasteiger partial charge in [0.15, 0.2) is 0 Å². The first kappa shape index (κ1) is 34.5. The van der Waals surface area contributed by atoms with E-state index < -0.39 is 0 Å². The molecule has 0 amide bonds. The van der Waals surface area contributed by atoms with Crippen LogP contribution in [0.5, 0.6) is 11.5 Å². The zero-order valence-corrected chi connectivity index (χ0v) is 27.9. The van der Waals surface area contributed by atoms with Gasteiger partial charge in [-0.05, 0) is 49.9 Å². The molecule has 10 heteroatoms. The minimum Gasteiger partial charge on any atom is -0.862 e. The summed E-state index contributed by atoms with van der Waals surface area (Å²) >= 11 is 0. The predicted molar refractivity (Wildman–Crippen MR) is 181 cm³/mol. The SMILES string of the molecule is CCN(CCCC([O-])=NCCOC)c1cc(OC)c(-c2c3ccc(=[N+](C)C)cc-3oc3cc(N(C)C)ccc23)cc1OC.Cl. The molecule has 4 rings (SSSR count). The van der Waals surface area contributed by atoms with Crippen molar-refractivity contribution in [1.29, 1.82) is 0 Å². The molecule has 0 spiro atoms. The Hall–Kier alpha value is -3.95. The largest absolute Gasteiger partial charge is 0.862 e. The number of anilines is 2. The zero-order valence-electron chi connectivity index (χ0n) is 27.1. The van der Waals surface area contributed by atoms with E-state index in [4.69, 9.17) is 18.6 Å². The van der Waals surface area contributed by atoms with Crippen LogP contribution in [0.25, 0.3) is 33.4 Å². The number of fused-ring (bicyclic) bond motifs is 2. The Labute approximate surface area is 266 Å². The fourth-order valence-corrected chi connectivity index (χ4v) is 5.25. The van der Waals surface area contributed by atoms with Crippen LogP contribution < -0.4 is 34.3 Å². The minimum atomic E-state index is -0.101. The summed E-state index contributed by atoms with van der Waals surface area (Å²) in [6, 6.07) is 16.6. The van der Waals surface area contributed by atoms with Crippen LogP contribution in [-0.2, 0) is 4.74 Å². The van der Waals surface area contributed by atoms with E-state index in [1.807, 2.05) is 34.3 Å². The van der Waals surface area contributed by atoms with Gasteiger partial charge >= 0.3 is 0 Å². The third kappa shape index (κ3) is 7.57. The number of nitrogens with zero attached hydrogens (tertiary/aromatic N) is 4. The fourth-order valence-electron chi connectivity index (χ4n) is 5.25. The molecule has 44 heavy (non-hydrogen) atoms. The third-order valence-electron chi connectivity index (χ3n) is 7.62. The summed E-state index contributed by atoms with van der Waals surface area (Å²) in [4.78, 5) is 8.32. The monoisotopic (exact) mass is 624 g/mol. The van der Waals surface area contributed by atoms with E-state index in [0.29, 0.717) is 32.5 Å². The van der Waals surface area contributed by atoms with Crippen molar-refractivity contribution < 1.29 is 23.7 Å². The molecule has 9 nitrogen and oxygen atoms in total. The number of hydrogen-bond acceptors (Lipinski definition) is 8. The Morgan fingerprint density at radius 1 is 0.955 bits per heavy atom. The standard InChI is InChI=1S/C34H44N4O5.ClH/c1-9-38(17-10-11-33(39)35-16-18-40-6)28-22-29(41-7)27(21-32(28)42-8)34-25-14-12-23(36(2)3)19-30(25)43-31-20-24(37(4)5)13-15-26(31)34;/h12-15,19-22H,9-11,16-18H2,1-8H3;1H. The molecule has 0 unspecified atom stereocenters. The molecule has 0 fully saturated rings. The predicted octanol–water partition coefficient (Wildman–Crippen LogP) is 4.75. The number of benzene rings is 3. The number of aliphatic imine (C=N–C) groups is 1. The van der Waals surface area contributed by atoms with E-state index in [1.165, 1.54) is 0 Å². The summed E-state index contributed by atoms with van der Waals surface area (Å²) in [5.74, 6) is 2.13. The summed E-state index contributed by atoms with van der Waals surface area (Å²) in [7, 11) is 13.1. The Balaban J connectivity index is 0.00000529. The number of rotatable bonds is 13. The smallest absolute Gasteiger partial charge is 0.203 e. The molecule has 1 aliphatic carbocycles. The highest BCUT2D eigenvalue weighted by molar-refractivity contribution is 6.04. The quantitative estimate of drug-likeness (QED) is 0.0698. The summed E-state index contributed by atoms with van der Waals surface area (Å²) in [6.07, 6.45) is 1.06. The number of hydrogen-bond donors (Lipinski definition) is 0. The lowest BCUT2D eigenvalue weighted by Gasteiger charge is -2.27. The molecular weight excluding hydrogens is 580 g/mol. The summed E-state index contributed by atoms with van der Waals surface area (Å²) in [5, 5.41) is 14.2. The van der Waals surface area contributed by atoms with Gasteiger partial charge in [-0.1, -0.05) is 0 Å². The van der Waals surface area contributed by atoms with E-state index in [-0.39, 0.29) is 18.3 Å². The molecule has 0 saturated carbocycles. The highest BCUT2D eigenvalue weighted by atomic mass is 35.5. The fraction of sp³-hybridized carbons (Fsp3) is 0.412. The molecule has 0 atom stereocenters. The first-order valence-corrected chi connectivity index (χ1v) is 14.6. The maximum Gasteiger partial charge on any atom is 0.203 e. The molecule has 0 bridgehead atoms. The Morgan fingerprint density at radius 3 is 2.34 bits per heavy atom. The highest BCUT2D eigenvalue weighted by Crippen LogP contribution is 2.47. The van der Waals surface area contributed by atoms with E-state index in [0.717, 1.165) is 68.2 Å². The second-order valence-electron chi connectivity index (χ2n) is 10.8. The van der Waals surface area contributed by atoms with Crippen molar-refractivity contribution in [3.8, 4) is 33.9 Å². The highest BCUT2D eigenvalue weighted by Gasteiger charge is 2.24. The van der Waals surface area contributed by atoms with Crippen LogP contribution >= 0.6 is 12.4 Å². The van der Waals surface area contributed by atoms with Gasteiger partial charge in [0.05, 0.1) is 39.1 Å². The molecule has 0 saturated heterocycles. The summed E-state index contributed by atoms with van der Waals surface area (Å²) < 4.78 is 25.6. The van der Waals surface area contributed by atoms with Crippen LogP contribution in [0.4, 0.5) is 11.4 Å². The lowest BCUT2D eigenvalue weighted by Crippen LogP contribution is -2.27. The van der Waals surface area contributed by atoms with Crippen molar-refractivity contribution in [1.82, 2.24) is 4.58 Å². The second kappa shape index (κ2) is 15.7. The number of ether oxygens (including phenoxy) is 3. The van der Waals surface area contributed by atoms with Crippen molar-refractivity contribution in [2.24, 2.45) is 4.99 Å². The van der Waals surface area contributed by atoms with Gasteiger partial charge in [-0.25, -0.2) is 4.58 Å². The Kier molecular flexibility index (Phi) is 12.3. The van der Waals surface area contributed by atoms with Crippen LogP contribution in [0.15, 0.2) is 57.9 Å². The average Bonchev–Trinajstić information content (AvgIpc) is 3.00. The van der Waals surface area contributed by atoms with E-state index in [9.17, 15) is 5.11 Å². The van der Waals surface area contributed by atoms with Crippen LogP contribution in [0.3, 0.4) is 0 Å². The molecular formula is C34H45ClN4O5. The second-order valence-corrected chi connectivity index (χ2v) is 10.8. The molecule has 0 radical (unpaired) electrons. The van der Waals surface area contributed by atoms with Gasteiger partial charge in [0, 0.05) is 80.3 Å². The molecule has 1 aliphatic heterocycles. The maximum atomic E-state index is 12.2. The van der Waals surface area contributed by atoms with Gasteiger partial charge in [0.25, 0.3) is 0 Å². The molecule has 0 N–H and O–H groups in total. The van der Waals surface area contributed by atoms with E-state index in [2.05, 4.69) is 68.8 Å². The van der Waals surface area contributed by atoms with Gasteiger partial charge in [-0.15, -0.1) is 12.4 Å². The van der Waals surface area contributed by atoms with Gasteiger partial charge < -0.3 is 38.5 Å². The van der Waals surface area contributed by atoms with Gasteiger partial charge in [0.2, 0.25) is 5.36 Å². The lowest BCUT2D eigenvalue weighted by molar-refractivity contribution is -0.219. The average molecular weight is 625 g/mol. The first-order valence-electron chi connectivity index (χ1n) is 14.6. The Bertz CT molecular complexity index is 1630. The minimum absolute atomic E-state index is 0. The number of halogens is 1. The van der Waals surface area contributed by atoms with Crippen LogP contribution in [-0.4, -0.2) is 81.7 Å². The molecule has 0 aromatic heterocycles. The third-order valence-corrected chi connectivity index (χ3v) is 7.62. The lowest BCUT2D eigenvalue weighted by atomic mass is 9.92. The maximum absolute atomic E-state index is 12.2. The van der Waals surface area contributed by atoms with Gasteiger partial charge in [-0.3, -0.25) is 0 Å². The van der Waals surface area contributed by atoms with Crippen molar-refractivity contribution >= 4 is 40.6 Å². The van der Waals surface area contributed by atoms with E-state index >= 15 is 0 Å². The molecule has 2 aliphatic rings. The molecule has 1 heterocycles. The molecule has 2 aromatic carbocycles. The summed E-state index contributed by atoms with van der Waals surface area (Å²) in [5.41, 5.74) is 5.65. The number of methoxy groups -OCH3 is 3. The van der Waals surface area contributed by atoms with Crippen molar-refractivity contribution in [3.05, 3.63) is 53.9 Å². The van der Waals surface area contributed by atoms with Gasteiger partial charge in [-0.2, -0.15) is 0 Å². The Morgan fingerprint density at radius 2 is 1.70 bits per heavy atom. The van der Waals surface area contributed by atoms with Gasteiger partial charge in [0.1, 0.15) is 36.9 Å². The van der Waals surface area contributed by atoms with Crippen LogP contribution in [0, 0.1) is 0 Å².